The van der Waals surface area contributed by atoms with Crippen LogP contribution in [0.3, 0.4) is 0 Å². The first-order valence-corrected chi connectivity index (χ1v) is 16.5. The molecular formula is C38H44F3N3O6. The van der Waals surface area contributed by atoms with Gasteiger partial charge in [0.05, 0.1) is 12.1 Å². The smallest absolute Gasteiger partial charge is 0.382 e. The molecule has 3 aromatic carbocycles. The van der Waals surface area contributed by atoms with Gasteiger partial charge in [-0.25, -0.2) is 0 Å². The summed E-state index contributed by atoms with van der Waals surface area (Å²) in [7, 11) is 0. The second kappa shape index (κ2) is 18.2. The number of carbonyl (C=O) groups is 5. The van der Waals surface area contributed by atoms with Crippen molar-refractivity contribution in [3.63, 3.8) is 0 Å². The monoisotopic (exact) mass is 695 g/mol. The summed E-state index contributed by atoms with van der Waals surface area (Å²) in [5, 5.41) is 14.7. The van der Waals surface area contributed by atoms with E-state index in [4.69, 9.17) is 5.73 Å². The Kier molecular flexibility index (Phi) is 14.4. The Labute approximate surface area is 289 Å². The van der Waals surface area contributed by atoms with Gasteiger partial charge in [-0.3, -0.25) is 24.0 Å². The fourth-order valence-electron chi connectivity index (χ4n) is 5.50. The topological polar surface area (TPSA) is 156 Å². The summed E-state index contributed by atoms with van der Waals surface area (Å²) in [5.41, 5.74) is 8.12. The maximum atomic E-state index is 13.7. The zero-order valence-electron chi connectivity index (χ0n) is 28.3. The number of alkyl halides is 3. The Bertz CT molecular complexity index is 1600. The molecule has 0 fully saturated rings. The predicted molar refractivity (Wildman–Crippen MR) is 182 cm³/mol. The Hall–Kier alpha value is -4.84. The second-order valence-electron chi connectivity index (χ2n) is 12.9. The highest BCUT2D eigenvalue weighted by Crippen LogP contribution is 2.26. The molecular weight excluding hydrogens is 651 g/mol. The minimum Gasteiger partial charge on any atom is -0.382 e. The van der Waals surface area contributed by atoms with E-state index in [0.29, 0.717) is 11.1 Å². The average molecular weight is 696 g/mol. The summed E-state index contributed by atoms with van der Waals surface area (Å²) in [4.78, 5) is 64.8. The summed E-state index contributed by atoms with van der Waals surface area (Å²) in [6.45, 7) is 4.92. The molecule has 5 N–H and O–H groups in total. The van der Waals surface area contributed by atoms with Crippen LogP contribution < -0.4 is 16.4 Å². The average Bonchev–Trinajstić information content (AvgIpc) is 3.08. The highest BCUT2D eigenvalue weighted by Gasteiger charge is 2.44. The maximum absolute atomic E-state index is 13.7. The Morgan fingerprint density at radius 3 is 1.86 bits per heavy atom. The maximum Gasteiger partial charge on any atom is 0.416 e. The van der Waals surface area contributed by atoms with Crippen LogP contribution in [0.2, 0.25) is 0 Å². The molecule has 0 saturated heterocycles. The molecule has 0 heterocycles. The van der Waals surface area contributed by atoms with E-state index in [9.17, 15) is 42.3 Å². The van der Waals surface area contributed by atoms with Crippen molar-refractivity contribution < 1.29 is 42.3 Å². The molecule has 0 aliphatic rings. The van der Waals surface area contributed by atoms with Gasteiger partial charge >= 0.3 is 6.18 Å². The Morgan fingerprint density at radius 1 is 0.760 bits per heavy atom. The van der Waals surface area contributed by atoms with Gasteiger partial charge in [0.25, 0.3) is 0 Å². The molecule has 0 aliphatic heterocycles. The number of halogens is 3. The van der Waals surface area contributed by atoms with E-state index in [1.165, 1.54) is 6.92 Å². The number of hydrogen-bond donors (Lipinski definition) is 4. The van der Waals surface area contributed by atoms with Crippen LogP contribution in [0, 0.1) is 17.8 Å². The van der Waals surface area contributed by atoms with Gasteiger partial charge in [0.15, 0.2) is 17.7 Å². The number of carbonyl (C=O) groups excluding carboxylic acids is 5. The van der Waals surface area contributed by atoms with E-state index in [-0.39, 0.29) is 24.5 Å². The number of benzene rings is 3. The summed E-state index contributed by atoms with van der Waals surface area (Å²) in [5.74, 6) is -5.43. The van der Waals surface area contributed by atoms with Crippen LogP contribution in [-0.4, -0.2) is 58.8 Å². The third-order valence-corrected chi connectivity index (χ3v) is 8.55. The van der Waals surface area contributed by atoms with Crippen LogP contribution in [0.15, 0.2) is 84.9 Å². The molecule has 268 valence electrons. The SMILES string of the molecule is CC(C)[C@H](CC(=O)c1ccc(-c2ccccc2)cc1)C(=O)N[C@@H](Cc1ccccc1)C(=O)C[C@H](C)C(=O)NC(CCC(N)=O)C(O)C(F)(F)F. The molecule has 9 nitrogen and oxygen atoms in total. The van der Waals surface area contributed by atoms with Crippen molar-refractivity contribution in [3.8, 4) is 11.1 Å². The van der Waals surface area contributed by atoms with Crippen LogP contribution in [0.5, 0.6) is 0 Å². The van der Waals surface area contributed by atoms with Crippen LogP contribution in [0.1, 0.15) is 62.4 Å². The van der Waals surface area contributed by atoms with Crippen molar-refractivity contribution in [2.24, 2.45) is 23.5 Å². The van der Waals surface area contributed by atoms with Crippen molar-refractivity contribution in [3.05, 3.63) is 96.1 Å². The fraction of sp³-hybridized carbons (Fsp3) is 0.395. The minimum atomic E-state index is -5.08. The molecule has 0 radical (unpaired) electrons. The second-order valence-corrected chi connectivity index (χ2v) is 12.9. The van der Waals surface area contributed by atoms with Crippen LogP contribution in [-0.2, 0) is 25.6 Å². The van der Waals surface area contributed by atoms with Gasteiger partial charge in [-0.15, -0.1) is 0 Å². The lowest BCUT2D eigenvalue weighted by molar-refractivity contribution is -0.213. The van der Waals surface area contributed by atoms with Gasteiger partial charge in [0, 0.05) is 36.7 Å². The van der Waals surface area contributed by atoms with E-state index in [1.54, 1.807) is 56.3 Å². The first-order chi connectivity index (χ1) is 23.6. The van der Waals surface area contributed by atoms with Crippen molar-refractivity contribution in [1.82, 2.24) is 10.6 Å². The lowest BCUT2D eigenvalue weighted by atomic mass is 9.87. The molecule has 0 bridgehead atoms. The van der Waals surface area contributed by atoms with Gasteiger partial charge in [-0.1, -0.05) is 106 Å². The molecule has 5 atom stereocenters. The zero-order valence-corrected chi connectivity index (χ0v) is 28.3. The van der Waals surface area contributed by atoms with E-state index in [2.05, 4.69) is 10.6 Å². The number of nitrogens with one attached hydrogen (secondary N) is 2. The molecule has 12 heteroatoms. The number of primary amides is 1. The van der Waals surface area contributed by atoms with Crippen molar-refractivity contribution >= 4 is 29.3 Å². The van der Waals surface area contributed by atoms with E-state index >= 15 is 0 Å². The molecule has 3 rings (SSSR count). The molecule has 50 heavy (non-hydrogen) atoms. The standard InChI is InChI=1S/C38H44F3N3O6/c1-23(2)29(22-32(45)28-16-14-27(15-17-28)26-12-8-5-9-13-26)37(50)44-31(21-25-10-6-4-7-11-25)33(46)20-24(3)36(49)43-30(18-19-34(42)47)35(48)38(39,40)41/h4-17,23-24,29-31,35,48H,18-22H2,1-3H3,(H2,42,47)(H,43,49)(H,44,50)/t24-,29-,30?,31-,35?/m0/s1. The first kappa shape index (κ1) is 39.6. The fourth-order valence-corrected chi connectivity index (χ4v) is 5.50. The van der Waals surface area contributed by atoms with Crippen molar-refractivity contribution in [2.75, 3.05) is 0 Å². The first-order valence-electron chi connectivity index (χ1n) is 16.5. The van der Waals surface area contributed by atoms with Crippen LogP contribution in [0.4, 0.5) is 13.2 Å². The summed E-state index contributed by atoms with van der Waals surface area (Å²) in [6.07, 6.45) is -9.64. The zero-order chi connectivity index (χ0) is 37.0. The number of aliphatic hydroxyl groups is 1. The molecule has 3 amide bonds. The predicted octanol–water partition coefficient (Wildman–Crippen LogP) is 5.19. The van der Waals surface area contributed by atoms with Crippen molar-refractivity contribution in [2.45, 2.75) is 77.2 Å². The van der Waals surface area contributed by atoms with E-state index in [0.717, 1.165) is 11.1 Å². The molecule has 0 aliphatic carbocycles. The number of hydrogen-bond acceptors (Lipinski definition) is 6. The highest BCUT2D eigenvalue weighted by atomic mass is 19.4. The number of amides is 3. The van der Waals surface area contributed by atoms with Gasteiger partial charge in [0.2, 0.25) is 17.7 Å². The Morgan fingerprint density at radius 2 is 1.32 bits per heavy atom. The molecule has 0 spiro atoms. The van der Waals surface area contributed by atoms with Gasteiger partial charge in [-0.05, 0) is 35.4 Å². The van der Waals surface area contributed by atoms with Crippen LogP contribution in [0.25, 0.3) is 11.1 Å². The number of aliphatic hydroxyl groups excluding tert-OH is 1. The molecule has 0 saturated carbocycles. The molecule has 3 aromatic rings. The minimum absolute atomic E-state index is 0.0630. The summed E-state index contributed by atoms with van der Waals surface area (Å²) < 4.78 is 39.8. The summed E-state index contributed by atoms with van der Waals surface area (Å²) in [6, 6.07) is 22.6. The highest BCUT2D eigenvalue weighted by molar-refractivity contribution is 6.00. The van der Waals surface area contributed by atoms with Gasteiger partial charge in [-0.2, -0.15) is 13.2 Å². The lowest BCUT2D eigenvalue weighted by Crippen LogP contribution is -2.52. The summed E-state index contributed by atoms with van der Waals surface area (Å²) >= 11 is 0. The van der Waals surface area contributed by atoms with E-state index in [1.807, 2.05) is 42.5 Å². The number of rotatable bonds is 18. The van der Waals surface area contributed by atoms with E-state index < -0.39 is 79.0 Å². The lowest BCUT2D eigenvalue weighted by Gasteiger charge is -2.27. The largest absolute Gasteiger partial charge is 0.416 e. The molecule has 0 aromatic heterocycles. The quantitative estimate of drug-likeness (QED) is 0.134. The van der Waals surface area contributed by atoms with Crippen LogP contribution >= 0.6 is 0 Å². The third kappa shape index (κ3) is 11.9. The number of nitrogens with two attached hydrogens (primary N) is 1. The Balaban J connectivity index is 1.74. The number of ketones is 2. The number of Topliss-reactive ketones (excluding diaryl/α,β-unsaturated/α-hetero) is 2. The van der Waals surface area contributed by atoms with Crippen molar-refractivity contribution in [1.29, 1.82) is 0 Å². The van der Waals surface area contributed by atoms with Gasteiger partial charge in [0.1, 0.15) is 0 Å². The van der Waals surface area contributed by atoms with Gasteiger partial charge < -0.3 is 21.5 Å². The third-order valence-electron chi connectivity index (χ3n) is 8.55. The molecule has 2 unspecified atom stereocenters. The normalized spacial score (nSPS) is 14.6.